The molecule has 0 bridgehead atoms. The van der Waals surface area contributed by atoms with Crippen LogP contribution < -0.4 is 4.74 Å². The van der Waals surface area contributed by atoms with Crippen molar-refractivity contribution in [2.24, 2.45) is 0 Å². The molecule has 8 heteroatoms. The number of nitrogens with zero attached hydrogens (tertiary/aromatic N) is 2. The van der Waals surface area contributed by atoms with Crippen LogP contribution in [-0.2, 0) is 11.3 Å². The van der Waals surface area contributed by atoms with Crippen molar-refractivity contribution in [2.75, 3.05) is 7.11 Å². The molecule has 0 aliphatic carbocycles. The first kappa shape index (κ1) is 18.6. The highest BCUT2D eigenvalue weighted by molar-refractivity contribution is 6.30. The fourth-order valence-electron chi connectivity index (χ4n) is 2.68. The molecule has 1 aromatic heterocycles. The summed E-state index contributed by atoms with van der Waals surface area (Å²) in [5.74, 6) is -0.145. The number of rotatable bonds is 5. The quantitative estimate of drug-likeness (QED) is 0.278. The summed E-state index contributed by atoms with van der Waals surface area (Å²) in [5, 5.41) is 12.2. The molecule has 3 aromatic rings. The van der Waals surface area contributed by atoms with Crippen LogP contribution in [0.1, 0.15) is 21.5 Å². The molecule has 0 fully saturated rings. The molecule has 0 radical (unpaired) electrons. The number of carbonyl (C=O) groups excluding carboxylic acids is 1. The second-order valence-corrected chi connectivity index (χ2v) is 6.16. The Kier molecular flexibility index (Phi) is 5.23. The molecule has 0 atom stereocenters. The lowest BCUT2D eigenvalue weighted by Gasteiger charge is -2.09. The number of ether oxygens (including phenoxy) is 2. The average molecular weight is 387 g/mol. The van der Waals surface area contributed by atoms with Gasteiger partial charge in [-0.25, -0.2) is 9.78 Å². The second kappa shape index (κ2) is 7.59. The van der Waals surface area contributed by atoms with E-state index < -0.39 is 10.9 Å². The van der Waals surface area contributed by atoms with Crippen molar-refractivity contribution < 1.29 is 19.2 Å². The molecule has 0 saturated heterocycles. The Morgan fingerprint density at radius 2 is 2.04 bits per heavy atom. The van der Waals surface area contributed by atoms with Gasteiger partial charge < -0.3 is 9.47 Å². The van der Waals surface area contributed by atoms with E-state index in [1.165, 1.54) is 6.07 Å². The number of pyridine rings is 1. The van der Waals surface area contributed by atoms with E-state index in [0.29, 0.717) is 22.4 Å². The maximum atomic E-state index is 12.3. The molecule has 7 nitrogen and oxygen atoms in total. The molecule has 2 aromatic carbocycles. The zero-order valence-corrected chi connectivity index (χ0v) is 15.3. The molecule has 27 heavy (non-hydrogen) atoms. The Hall–Kier alpha value is -3.19. The highest BCUT2D eigenvalue weighted by Gasteiger charge is 2.23. The Morgan fingerprint density at radius 3 is 2.74 bits per heavy atom. The lowest BCUT2D eigenvalue weighted by Crippen LogP contribution is -2.09. The zero-order chi connectivity index (χ0) is 19.6. The average Bonchev–Trinajstić information content (AvgIpc) is 2.65. The van der Waals surface area contributed by atoms with E-state index in [2.05, 4.69) is 4.98 Å². The lowest BCUT2D eigenvalue weighted by atomic mass is 10.1. The van der Waals surface area contributed by atoms with Gasteiger partial charge in [0.15, 0.2) is 0 Å². The van der Waals surface area contributed by atoms with Crippen LogP contribution in [0.5, 0.6) is 5.75 Å². The Morgan fingerprint density at radius 1 is 1.26 bits per heavy atom. The molecule has 0 amide bonds. The van der Waals surface area contributed by atoms with Gasteiger partial charge in [0.2, 0.25) is 0 Å². The number of nitro benzene ring substituents is 1. The number of fused-ring (bicyclic) bond motifs is 1. The summed E-state index contributed by atoms with van der Waals surface area (Å²) >= 11 is 6.18. The Balaban J connectivity index is 1.85. The largest absolute Gasteiger partial charge is 0.497 e. The number of hydrogen-bond donors (Lipinski definition) is 0. The van der Waals surface area contributed by atoms with Gasteiger partial charge in [0.25, 0.3) is 5.69 Å². The number of benzene rings is 2. The highest BCUT2D eigenvalue weighted by atomic mass is 35.5. The summed E-state index contributed by atoms with van der Waals surface area (Å²) < 4.78 is 10.4. The van der Waals surface area contributed by atoms with E-state index in [9.17, 15) is 14.9 Å². The third-order valence-electron chi connectivity index (χ3n) is 4.05. The molecule has 3 rings (SSSR count). The third kappa shape index (κ3) is 3.83. The fraction of sp³-hybridized carbons (Fsp3) is 0.158. The number of esters is 1. The first-order valence-electron chi connectivity index (χ1n) is 7.95. The van der Waals surface area contributed by atoms with E-state index in [0.717, 1.165) is 5.39 Å². The van der Waals surface area contributed by atoms with Crippen LogP contribution in [-0.4, -0.2) is 23.0 Å². The van der Waals surface area contributed by atoms with E-state index in [-0.39, 0.29) is 23.0 Å². The van der Waals surface area contributed by atoms with Crippen molar-refractivity contribution in [3.05, 3.63) is 74.4 Å². The maximum absolute atomic E-state index is 12.3. The van der Waals surface area contributed by atoms with Gasteiger partial charge in [0, 0.05) is 22.6 Å². The standard InChI is InChI=1S/C19H15ClN2O5/c1-11-4-3-5-15(17(11)22(24)25)19(23)27-10-13-8-12-6-7-14(26-2)9-16(12)21-18(13)20/h3-9H,10H2,1-2H3. The van der Waals surface area contributed by atoms with Crippen molar-refractivity contribution >= 4 is 34.2 Å². The molecule has 138 valence electrons. The van der Waals surface area contributed by atoms with Crippen molar-refractivity contribution in [3.63, 3.8) is 0 Å². The van der Waals surface area contributed by atoms with Crippen LogP contribution in [0, 0.1) is 17.0 Å². The number of hydrogen-bond acceptors (Lipinski definition) is 6. The SMILES string of the molecule is COc1ccc2cc(COC(=O)c3cccc(C)c3[N+](=O)[O-])c(Cl)nc2c1. The molecular weight excluding hydrogens is 372 g/mol. The highest BCUT2D eigenvalue weighted by Crippen LogP contribution is 2.27. The summed E-state index contributed by atoms with van der Waals surface area (Å²) in [6.07, 6.45) is 0. The maximum Gasteiger partial charge on any atom is 0.345 e. The van der Waals surface area contributed by atoms with Gasteiger partial charge in [0.05, 0.1) is 17.5 Å². The normalized spacial score (nSPS) is 10.6. The smallest absolute Gasteiger partial charge is 0.345 e. The van der Waals surface area contributed by atoms with Crippen LogP contribution in [0.25, 0.3) is 10.9 Å². The van der Waals surface area contributed by atoms with E-state index in [4.69, 9.17) is 21.1 Å². The van der Waals surface area contributed by atoms with Gasteiger partial charge in [-0.1, -0.05) is 23.7 Å². The topological polar surface area (TPSA) is 91.6 Å². The number of aromatic nitrogens is 1. The van der Waals surface area contributed by atoms with Gasteiger partial charge in [-0.15, -0.1) is 0 Å². The van der Waals surface area contributed by atoms with Crippen LogP contribution in [0.4, 0.5) is 5.69 Å². The number of carbonyl (C=O) groups is 1. The van der Waals surface area contributed by atoms with Crippen LogP contribution in [0.2, 0.25) is 5.15 Å². The lowest BCUT2D eigenvalue weighted by molar-refractivity contribution is -0.385. The van der Waals surface area contributed by atoms with E-state index in [1.807, 2.05) is 6.07 Å². The Bertz CT molecular complexity index is 1050. The van der Waals surface area contributed by atoms with Gasteiger partial charge in [-0.2, -0.15) is 0 Å². The first-order chi connectivity index (χ1) is 12.9. The summed E-state index contributed by atoms with van der Waals surface area (Å²) in [5.41, 5.74) is 1.16. The molecule has 1 heterocycles. The Labute approximate surface area is 159 Å². The number of para-hydroxylation sites is 1. The molecule has 0 aliphatic rings. The number of halogens is 1. The number of aryl methyl sites for hydroxylation is 1. The fourth-order valence-corrected chi connectivity index (χ4v) is 2.88. The van der Waals surface area contributed by atoms with Crippen LogP contribution in [0.3, 0.4) is 0 Å². The second-order valence-electron chi connectivity index (χ2n) is 5.80. The molecule has 0 N–H and O–H groups in total. The minimum Gasteiger partial charge on any atom is -0.497 e. The van der Waals surface area contributed by atoms with Gasteiger partial charge in [-0.05, 0) is 31.2 Å². The molecule has 0 spiro atoms. The van der Waals surface area contributed by atoms with Crippen LogP contribution >= 0.6 is 11.6 Å². The molecular formula is C19H15ClN2O5. The molecule has 0 saturated carbocycles. The van der Waals surface area contributed by atoms with Crippen molar-refractivity contribution in [3.8, 4) is 5.75 Å². The summed E-state index contributed by atoms with van der Waals surface area (Å²) in [6, 6.07) is 11.6. The van der Waals surface area contributed by atoms with Crippen molar-refractivity contribution in [2.45, 2.75) is 13.5 Å². The van der Waals surface area contributed by atoms with Gasteiger partial charge >= 0.3 is 5.97 Å². The minimum atomic E-state index is -0.795. The first-order valence-corrected chi connectivity index (χ1v) is 8.33. The zero-order valence-electron chi connectivity index (χ0n) is 14.6. The van der Waals surface area contributed by atoms with Crippen LogP contribution in [0.15, 0.2) is 42.5 Å². The predicted octanol–water partition coefficient (Wildman–Crippen LogP) is 4.47. The summed E-state index contributed by atoms with van der Waals surface area (Å²) in [7, 11) is 1.56. The summed E-state index contributed by atoms with van der Waals surface area (Å²) in [6.45, 7) is 1.41. The third-order valence-corrected chi connectivity index (χ3v) is 4.38. The van der Waals surface area contributed by atoms with Gasteiger partial charge in [-0.3, -0.25) is 10.1 Å². The predicted molar refractivity (Wildman–Crippen MR) is 100 cm³/mol. The summed E-state index contributed by atoms with van der Waals surface area (Å²) in [4.78, 5) is 27.3. The monoisotopic (exact) mass is 386 g/mol. The minimum absolute atomic E-state index is 0.102. The molecule has 0 aliphatic heterocycles. The number of methoxy groups -OCH3 is 1. The number of nitro groups is 1. The van der Waals surface area contributed by atoms with Crippen molar-refractivity contribution in [1.82, 2.24) is 4.98 Å². The van der Waals surface area contributed by atoms with Gasteiger partial charge in [0.1, 0.15) is 23.1 Å². The molecule has 0 unspecified atom stereocenters. The van der Waals surface area contributed by atoms with E-state index >= 15 is 0 Å². The van der Waals surface area contributed by atoms with E-state index in [1.54, 1.807) is 44.4 Å². The van der Waals surface area contributed by atoms with Crippen molar-refractivity contribution in [1.29, 1.82) is 0 Å².